The number of benzene rings is 3. The molecule has 0 spiro atoms. The largest absolute Gasteiger partial charge is 0.464 e. The maximum absolute atomic E-state index is 9.26. The quantitative estimate of drug-likeness (QED) is 0.296. The molecule has 0 aliphatic heterocycles. The summed E-state index contributed by atoms with van der Waals surface area (Å²) >= 11 is 1.71. The van der Waals surface area contributed by atoms with Crippen molar-refractivity contribution in [1.82, 2.24) is 10.2 Å². The Bertz CT molecular complexity index is 1410. The summed E-state index contributed by atoms with van der Waals surface area (Å²) in [5.74, 6) is 1.79. The third-order valence-corrected chi connectivity index (χ3v) is 6.10. The molecular formula is C25H17N3O2S. The molecule has 5 rings (SSSR count). The van der Waals surface area contributed by atoms with Crippen LogP contribution in [0.4, 0.5) is 0 Å². The lowest BCUT2D eigenvalue weighted by Gasteiger charge is -2.05. The fourth-order valence-electron chi connectivity index (χ4n) is 3.45. The number of aryl methyl sites for hydroxylation is 1. The third kappa shape index (κ3) is 3.83. The minimum atomic E-state index is 0.496. The summed E-state index contributed by atoms with van der Waals surface area (Å²) in [4.78, 5) is 1.14. The SMILES string of the molecule is Cc1nnc(-c2ccc3occ(-c4ccc(SCc5ccccc5C#N)cc4)c3c2)o1. The first-order valence-corrected chi connectivity index (χ1v) is 10.7. The molecule has 0 unspecified atom stereocenters. The fourth-order valence-corrected chi connectivity index (χ4v) is 4.35. The van der Waals surface area contributed by atoms with Crippen molar-refractivity contribution < 1.29 is 8.83 Å². The highest BCUT2D eigenvalue weighted by atomic mass is 32.2. The van der Waals surface area contributed by atoms with E-state index in [1.807, 2.05) is 42.5 Å². The highest BCUT2D eigenvalue weighted by Crippen LogP contribution is 2.35. The Kier molecular flexibility index (Phi) is 5.03. The standard InChI is InChI=1S/C25H17N3O2S/c1-16-27-28-25(30-16)18-8-11-24-22(12-18)23(14-29-24)17-6-9-21(10-7-17)31-15-20-5-3-2-4-19(20)13-26/h2-12,14H,15H2,1H3. The van der Waals surface area contributed by atoms with Crippen LogP contribution in [0.5, 0.6) is 0 Å². The summed E-state index contributed by atoms with van der Waals surface area (Å²) in [7, 11) is 0. The number of hydrogen-bond donors (Lipinski definition) is 0. The van der Waals surface area contributed by atoms with E-state index in [1.54, 1.807) is 24.9 Å². The van der Waals surface area contributed by atoms with Gasteiger partial charge in [0.2, 0.25) is 11.8 Å². The molecule has 0 amide bonds. The molecule has 0 aliphatic rings. The molecule has 5 aromatic rings. The average molecular weight is 423 g/mol. The van der Waals surface area contributed by atoms with Gasteiger partial charge in [-0.1, -0.05) is 30.3 Å². The van der Waals surface area contributed by atoms with Crippen LogP contribution in [0.2, 0.25) is 0 Å². The lowest BCUT2D eigenvalue weighted by atomic mass is 10.0. The van der Waals surface area contributed by atoms with Crippen LogP contribution in [-0.4, -0.2) is 10.2 Å². The predicted molar refractivity (Wildman–Crippen MR) is 120 cm³/mol. The fraction of sp³-hybridized carbons (Fsp3) is 0.0800. The number of hydrogen-bond acceptors (Lipinski definition) is 6. The molecule has 0 N–H and O–H groups in total. The highest BCUT2D eigenvalue weighted by Gasteiger charge is 2.13. The minimum absolute atomic E-state index is 0.496. The van der Waals surface area contributed by atoms with E-state index >= 15 is 0 Å². The summed E-state index contributed by atoms with van der Waals surface area (Å²) < 4.78 is 11.3. The second kappa shape index (κ2) is 8.13. The van der Waals surface area contributed by atoms with Crippen LogP contribution >= 0.6 is 11.8 Å². The monoisotopic (exact) mass is 423 g/mol. The Morgan fingerprint density at radius 2 is 1.77 bits per heavy atom. The van der Waals surface area contributed by atoms with Crippen molar-refractivity contribution in [2.75, 3.05) is 0 Å². The zero-order valence-corrected chi connectivity index (χ0v) is 17.5. The van der Waals surface area contributed by atoms with Gasteiger partial charge in [-0.2, -0.15) is 5.26 Å². The number of nitrogens with zero attached hydrogens (tertiary/aromatic N) is 3. The molecule has 5 nitrogen and oxygen atoms in total. The number of fused-ring (bicyclic) bond motifs is 1. The molecule has 0 radical (unpaired) electrons. The topological polar surface area (TPSA) is 75.8 Å². The average Bonchev–Trinajstić information content (AvgIpc) is 3.44. The van der Waals surface area contributed by atoms with Gasteiger partial charge in [0.1, 0.15) is 5.58 Å². The van der Waals surface area contributed by atoms with Gasteiger partial charge < -0.3 is 8.83 Å². The van der Waals surface area contributed by atoms with Gasteiger partial charge in [-0.25, -0.2) is 0 Å². The zero-order chi connectivity index (χ0) is 21.2. The Morgan fingerprint density at radius 1 is 0.968 bits per heavy atom. The molecule has 3 aromatic carbocycles. The number of rotatable bonds is 5. The molecule has 0 bridgehead atoms. The molecule has 2 heterocycles. The van der Waals surface area contributed by atoms with E-state index in [2.05, 4.69) is 40.5 Å². The van der Waals surface area contributed by atoms with E-state index in [1.165, 1.54) is 0 Å². The summed E-state index contributed by atoms with van der Waals surface area (Å²) in [6.07, 6.45) is 1.78. The molecule has 2 aromatic heterocycles. The lowest BCUT2D eigenvalue weighted by molar-refractivity contribution is 0.533. The van der Waals surface area contributed by atoms with Crippen LogP contribution in [0.15, 0.2) is 86.7 Å². The molecule has 0 saturated carbocycles. The Hall–Kier alpha value is -3.82. The van der Waals surface area contributed by atoms with Crippen LogP contribution in [0.3, 0.4) is 0 Å². The first kappa shape index (κ1) is 19.2. The predicted octanol–water partition coefficient (Wildman–Crippen LogP) is 6.62. The Labute approximate surface area is 183 Å². The minimum Gasteiger partial charge on any atom is -0.464 e. The van der Waals surface area contributed by atoms with Crippen LogP contribution in [-0.2, 0) is 5.75 Å². The van der Waals surface area contributed by atoms with E-state index < -0.39 is 0 Å². The van der Waals surface area contributed by atoms with Gasteiger partial charge in [0.05, 0.1) is 17.9 Å². The van der Waals surface area contributed by atoms with Gasteiger partial charge >= 0.3 is 0 Å². The van der Waals surface area contributed by atoms with Crippen molar-refractivity contribution in [2.24, 2.45) is 0 Å². The Morgan fingerprint density at radius 3 is 2.55 bits per heavy atom. The summed E-state index contributed by atoms with van der Waals surface area (Å²) in [6.45, 7) is 1.77. The van der Waals surface area contributed by atoms with Crippen LogP contribution < -0.4 is 0 Å². The van der Waals surface area contributed by atoms with Crippen molar-refractivity contribution in [3.05, 3.63) is 90.0 Å². The lowest BCUT2D eigenvalue weighted by Crippen LogP contribution is -1.86. The van der Waals surface area contributed by atoms with Gasteiger partial charge in [0, 0.05) is 34.1 Å². The number of nitriles is 1. The molecule has 6 heteroatoms. The zero-order valence-electron chi connectivity index (χ0n) is 16.7. The van der Waals surface area contributed by atoms with Crippen LogP contribution in [0, 0.1) is 18.3 Å². The molecule has 150 valence electrons. The van der Waals surface area contributed by atoms with Crippen molar-refractivity contribution in [2.45, 2.75) is 17.6 Å². The van der Waals surface area contributed by atoms with Gasteiger partial charge in [0.15, 0.2) is 0 Å². The Balaban J connectivity index is 1.40. The van der Waals surface area contributed by atoms with E-state index in [0.717, 1.165) is 49.4 Å². The van der Waals surface area contributed by atoms with Crippen molar-refractivity contribution in [1.29, 1.82) is 5.26 Å². The van der Waals surface area contributed by atoms with E-state index in [9.17, 15) is 5.26 Å². The number of furan rings is 1. The van der Waals surface area contributed by atoms with Gasteiger partial charge in [0.25, 0.3) is 0 Å². The molecule has 0 saturated heterocycles. The third-order valence-electron chi connectivity index (χ3n) is 5.04. The van der Waals surface area contributed by atoms with Crippen molar-refractivity contribution in [3.63, 3.8) is 0 Å². The second-order valence-electron chi connectivity index (χ2n) is 7.07. The number of aromatic nitrogens is 2. The van der Waals surface area contributed by atoms with E-state index in [4.69, 9.17) is 8.83 Å². The van der Waals surface area contributed by atoms with E-state index in [0.29, 0.717) is 11.8 Å². The molecule has 0 fully saturated rings. The summed E-state index contributed by atoms with van der Waals surface area (Å²) in [5.41, 5.74) is 5.52. The smallest absolute Gasteiger partial charge is 0.247 e. The first-order valence-electron chi connectivity index (χ1n) is 9.74. The highest BCUT2D eigenvalue weighted by molar-refractivity contribution is 7.98. The van der Waals surface area contributed by atoms with Crippen molar-refractivity contribution >= 4 is 22.7 Å². The summed E-state index contributed by atoms with van der Waals surface area (Å²) in [6, 6.07) is 24.2. The van der Waals surface area contributed by atoms with Gasteiger partial charge in [-0.05, 0) is 47.5 Å². The van der Waals surface area contributed by atoms with E-state index in [-0.39, 0.29) is 0 Å². The molecule has 31 heavy (non-hydrogen) atoms. The second-order valence-corrected chi connectivity index (χ2v) is 8.12. The maximum atomic E-state index is 9.26. The molecule has 0 atom stereocenters. The normalized spacial score (nSPS) is 11.0. The van der Waals surface area contributed by atoms with Gasteiger partial charge in [-0.15, -0.1) is 22.0 Å². The molecule has 0 aliphatic carbocycles. The van der Waals surface area contributed by atoms with Crippen LogP contribution in [0.25, 0.3) is 33.6 Å². The van der Waals surface area contributed by atoms with Crippen LogP contribution in [0.1, 0.15) is 17.0 Å². The van der Waals surface area contributed by atoms with Gasteiger partial charge in [-0.3, -0.25) is 0 Å². The van der Waals surface area contributed by atoms with Crippen molar-refractivity contribution in [3.8, 4) is 28.7 Å². The maximum Gasteiger partial charge on any atom is 0.247 e. The number of thioether (sulfide) groups is 1. The molecular weight excluding hydrogens is 406 g/mol. The summed E-state index contributed by atoms with van der Waals surface area (Å²) in [5, 5.41) is 18.3. The first-order chi connectivity index (χ1) is 15.2.